The third kappa shape index (κ3) is 4.43. The van der Waals surface area contributed by atoms with Crippen molar-refractivity contribution < 1.29 is 9.59 Å². The topological polar surface area (TPSA) is 108 Å². The highest BCUT2D eigenvalue weighted by Gasteiger charge is 2.38. The van der Waals surface area contributed by atoms with Crippen molar-refractivity contribution in [3.05, 3.63) is 36.3 Å². The van der Waals surface area contributed by atoms with Crippen molar-refractivity contribution >= 4 is 40.3 Å². The molecule has 37 heavy (non-hydrogen) atoms. The molecule has 0 radical (unpaired) electrons. The van der Waals surface area contributed by atoms with Crippen molar-refractivity contribution in [1.82, 2.24) is 29.7 Å². The highest BCUT2D eigenvalue weighted by atomic mass is 16.2. The molecule has 3 aliphatic rings. The first kappa shape index (κ1) is 23.8. The van der Waals surface area contributed by atoms with E-state index in [9.17, 15) is 9.59 Å². The summed E-state index contributed by atoms with van der Waals surface area (Å²) in [5, 5.41) is 7.65. The largest absolute Gasteiger partial charge is 0.343 e. The van der Waals surface area contributed by atoms with Crippen LogP contribution >= 0.6 is 0 Å². The molecule has 1 saturated carbocycles. The standard InChI is InChI=1S/C27H34N8O2/c1-16-10-18-15-34(24(36)12-21(16)30-18)20-8-9-23(28-14-20)31-27-29-13-17-11-22(26(37)33(2)3)35(25(17)32-27)19-6-4-5-7-19/h8-9,11,13-14,16,18-19,21,30H,4-7,10,12,15H2,1-3H3,(H,28,29,31,32)/t16?,18-,21-/m1/s1. The predicted octanol–water partition coefficient (Wildman–Crippen LogP) is 3.49. The van der Waals surface area contributed by atoms with E-state index >= 15 is 0 Å². The Morgan fingerprint density at radius 3 is 2.70 bits per heavy atom. The maximum absolute atomic E-state index is 12.9. The van der Waals surface area contributed by atoms with Gasteiger partial charge in [0.2, 0.25) is 11.9 Å². The van der Waals surface area contributed by atoms with Gasteiger partial charge in [0.1, 0.15) is 17.2 Å². The fourth-order valence-corrected chi connectivity index (χ4v) is 6.13. The van der Waals surface area contributed by atoms with Crippen LogP contribution in [0.25, 0.3) is 11.0 Å². The molecule has 2 bridgehead atoms. The fraction of sp³-hybridized carbons (Fsp3) is 0.519. The third-order valence-electron chi connectivity index (χ3n) is 8.08. The highest BCUT2D eigenvalue weighted by Crippen LogP contribution is 2.35. The number of nitrogens with one attached hydrogen (secondary N) is 2. The van der Waals surface area contributed by atoms with Gasteiger partial charge in [0.25, 0.3) is 5.91 Å². The SMILES string of the molecule is CC1C[C@@H]2CN(c3ccc(Nc4ncc5cc(C(=O)N(C)C)n(C6CCCC6)c5n4)nc3)C(=O)C[C@H]1N2. The molecule has 5 heterocycles. The number of anilines is 3. The van der Waals surface area contributed by atoms with Gasteiger partial charge in [-0.3, -0.25) is 9.59 Å². The Labute approximate surface area is 216 Å². The van der Waals surface area contributed by atoms with Crippen LogP contribution in [0.3, 0.4) is 0 Å². The molecule has 0 aromatic carbocycles. The van der Waals surface area contributed by atoms with Gasteiger partial charge in [-0.1, -0.05) is 19.8 Å². The van der Waals surface area contributed by atoms with Crippen molar-refractivity contribution in [3.8, 4) is 0 Å². The van der Waals surface area contributed by atoms with E-state index in [0.717, 1.165) is 48.8 Å². The van der Waals surface area contributed by atoms with Gasteiger partial charge >= 0.3 is 0 Å². The van der Waals surface area contributed by atoms with Gasteiger partial charge < -0.3 is 25.0 Å². The summed E-state index contributed by atoms with van der Waals surface area (Å²) in [5.41, 5.74) is 2.22. The summed E-state index contributed by atoms with van der Waals surface area (Å²) in [4.78, 5) is 43.1. The molecule has 1 unspecified atom stereocenters. The lowest BCUT2D eigenvalue weighted by atomic mass is 9.96. The van der Waals surface area contributed by atoms with Crippen molar-refractivity contribution in [2.75, 3.05) is 30.9 Å². The van der Waals surface area contributed by atoms with Gasteiger partial charge in [0.15, 0.2) is 0 Å². The smallest absolute Gasteiger partial charge is 0.270 e. The molecule has 10 heteroatoms. The van der Waals surface area contributed by atoms with Gasteiger partial charge in [-0.15, -0.1) is 0 Å². The van der Waals surface area contributed by atoms with E-state index in [1.54, 1.807) is 31.4 Å². The van der Waals surface area contributed by atoms with Crippen LogP contribution in [0, 0.1) is 5.92 Å². The minimum Gasteiger partial charge on any atom is -0.343 e. The summed E-state index contributed by atoms with van der Waals surface area (Å²) in [6.45, 7) is 2.88. The van der Waals surface area contributed by atoms with Crippen LogP contribution in [0.5, 0.6) is 0 Å². The first-order valence-electron chi connectivity index (χ1n) is 13.3. The number of aromatic nitrogens is 4. The van der Waals surface area contributed by atoms with Crippen LogP contribution in [0.2, 0.25) is 0 Å². The summed E-state index contributed by atoms with van der Waals surface area (Å²) in [6, 6.07) is 6.52. The van der Waals surface area contributed by atoms with Crippen LogP contribution in [-0.2, 0) is 4.79 Å². The summed E-state index contributed by atoms with van der Waals surface area (Å²) in [5.74, 6) is 1.67. The Morgan fingerprint density at radius 2 is 1.97 bits per heavy atom. The molecule has 2 aliphatic heterocycles. The number of rotatable bonds is 5. The number of hydrogen-bond acceptors (Lipinski definition) is 7. The number of carbonyl (C=O) groups is 2. The molecule has 1 aliphatic carbocycles. The van der Waals surface area contributed by atoms with Gasteiger partial charge in [0, 0.05) is 56.8 Å². The summed E-state index contributed by atoms with van der Waals surface area (Å²) < 4.78 is 2.10. The average molecular weight is 503 g/mol. The van der Waals surface area contributed by atoms with E-state index in [-0.39, 0.29) is 23.9 Å². The molecule has 10 nitrogen and oxygen atoms in total. The minimum atomic E-state index is -0.0300. The summed E-state index contributed by atoms with van der Waals surface area (Å²) in [6.07, 6.45) is 9.49. The van der Waals surface area contributed by atoms with Gasteiger partial charge in [-0.25, -0.2) is 9.97 Å². The lowest BCUT2D eigenvalue weighted by Gasteiger charge is -2.25. The monoisotopic (exact) mass is 502 g/mol. The Hall–Kier alpha value is -3.53. The molecular weight excluding hydrogens is 468 g/mol. The Balaban J connectivity index is 1.25. The maximum atomic E-state index is 12.9. The molecule has 2 saturated heterocycles. The number of fused-ring (bicyclic) bond motifs is 3. The Kier molecular flexibility index (Phi) is 6.06. The van der Waals surface area contributed by atoms with Crippen molar-refractivity contribution in [2.24, 2.45) is 5.92 Å². The molecule has 2 amide bonds. The van der Waals surface area contributed by atoms with Crippen LogP contribution in [0.1, 0.15) is 62.0 Å². The number of amides is 2. The van der Waals surface area contributed by atoms with E-state index < -0.39 is 0 Å². The van der Waals surface area contributed by atoms with Crippen LogP contribution < -0.4 is 15.5 Å². The quantitative estimate of drug-likeness (QED) is 0.550. The van der Waals surface area contributed by atoms with Crippen molar-refractivity contribution in [3.63, 3.8) is 0 Å². The zero-order valence-corrected chi connectivity index (χ0v) is 21.6. The van der Waals surface area contributed by atoms with E-state index in [4.69, 9.17) is 4.98 Å². The van der Waals surface area contributed by atoms with E-state index in [2.05, 4.69) is 32.1 Å². The fourth-order valence-electron chi connectivity index (χ4n) is 6.13. The molecule has 3 fully saturated rings. The molecule has 3 aromatic heterocycles. The van der Waals surface area contributed by atoms with Crippen molar-refractivity contribution in [2.45, 2.75) is 63.6 Å². The van der Waals surface area contributed by atoms with E-state index in [0.29, 0.717) is 42.4 Å². The average Bonchev–Trinajstić information content (AvgIpc) is 3.58. The number of pyridine rings is 1. The normalized spacial score (nSPS) is 24.0. The number of hydrogen-bond donors (Lipinski definition) is 2. The molecular formula is C27H34N8O2. The molecule has 194 valence electrons. The molecule has 6 rings (SSSR count). The summed E-state index contributed by atoms with van der Waals surface area (Å²) in [7, 11) is 3.54. The second-order valence-corrected chi connectivity index (χ2v) is 10.9. The zero-order valence-electron chi connectivity index (χ0n) is 21.6. The zero-order chi connectivity index (χ0) is 25.7. The summed E-state index contributed by atoms with van der Waals surface area (Å²) >= 11 is 0. The van der Waals surface area contributed by atoms with Crippen LogP contribution in [0.4, 0.5) is 17.5 Å². The number of nitrogens with zero attached hydrogens (tertiary/aromatic N) is 6. The second-order valence-electron chi connectivity index (χ2n) is 10.9. The maximum Gasteiger partial charge on any atom is 0.270 e. The lowest BCUT2D eigenvalue weighted by Crippen LogP contribution is -2.38. The first-order chi connectivity index (χ1) is 17.9. The lowest BCUT2D eigenvalue weighted by molar-refractivity contribution is -0.119. The number of carbonyl (C=O) groups excluding carboxylic acids is 2. The Morgan fingerprint density at radius 1 is 1.16 bits per heavy atom. The molecule has 2 N–H and O–H groups in total. The molecule has 0 spiro atoms. The van der Waals surface area contributed by atoms with Crippen LogP contribution in [0.15, 0.2) is 30.6 Å². The van der Waals surface area contributed by atoms with Gasteiger partial charge in [-0.05, 0) is 43.4 Å². The predicted molar refractivity (Wildman–Crippen MR) is 142 cm³/mol. The highest BCUT2D eigenvalue weighted by molar-refractivity contribution is 5.98. The molecule has 3 aromatic rings. The van der Waals surface area contributed by atoms with E-state index in [1.165, 1.54) is 0 Å². The Bertz CT molecular complexity index is 1330. The van der Waals surface area contributed by atoms with Crippen LogP contribution in [-0.4, -0.2) is 69.0 Å². The first-order valence-corrected chi connectivity index (χ1v) is 13.3. The van der Waals surface area contributed by atoms with E-state index in [1.807, 2.05) is 23.1 Å². The van der Waals surface area contributed by atoms with Gasteiger partial charge in [0.05, 0.1) is 11.9 Å². The third-order valence-corrected chi connectivity index (χ3v) is 8.08. The minimum absolute atomic E-state index is 0.0300. The van der Waals surface area contributed by atoms with Gasteiger partial charge in [-0.2, -0.15) is 4.98 Å². The van der Waals surface area contributed by atoms with Crippen molar-refractivity contribution in [1.29, 1.82) is 0 Å². The second kappa shape index (κ2) is 9.41. The molecule has 3 atom stereocenters.